The van der Waals surface area contributed by atoms with Gasteiger partial charge in [-0.3, -0.25) is 4.79 Å². The Balaban J connectivity index is 2.10. The van der Waals surface area contributed by atoms with Crippen LogP contribution in [0.3, 0.4) is 0 Å². The summed E-state index contributed by atoms with van der Waals surface area (Å²) in [4.78, 5) is 25.3. The van der Waals surface area contributed by atoms with Gasteiger partial charge in [-0.1, -0.05) is 30.3 Å². The summed E-state index contributed by atoms with van der Waals surface area (Å²) in [6.07, 6.45) is 0.0656. The number of hydrogen-bond donors (Lipinski definition) is 2. The lowest BCUT2D eigenvalue weighted by Crippen LogP contribution is -2.46. The standard InChI is InChI=1S/C19H21Br3N2O3S/c1-19(2,3)27-18(26)23-10-12(9-11-7-5-4-6-8-11)24-17(25)15-13(20)14(21)16(22)28-15/h4-8,12H,9-10H2,1-3H3,(H,23,26)(H,24,25). The lowest BCUT2D eigenvalue weighted by atomic mass is 10.1. The summed E-state index contributed by atoms with van der Waals surface area (Å²) >= 11 is 11.6. The third-order valence-corrected chi connectivity index (χ3v) is 8.55. The fourth-order valence-corrected chi connectivity index (χ4v) is 5.34. The molecule has 0 aliphatic carbocycles. The van der Waals surface area contributed by atoms with Crippen LogP contribution in [0, 0.1) is 0 Å². The highest BCUT2D eigenvalue weighted by atomic mass is 79.9. The van der Waals surface area contributed by atoms with E-state index in [0.717, 1.165) is 13.8 Å². The summed E-state index contributed by atoms with van der Waals surface area (Å²) in [6, 6.07) is 9.50. The second kappa shape index (κ2) is 10.2. The zero-order valence-corrected chi connectivity index (χ0v) is 21.2. The van der Waals surface area contributed by atoms with E-state index in [2.05, 4.69) is 58.4 Å². The van der Waals surface area contributed by atoms with E-state index in [0.29, 0.717) is 15.8 Å². The molecule has 1 unspecified atom stereocenters. The van der Waals surface area contributed by atoms with Gasteiger partial charge in [0.05, 0.1) is 18.8 Å². The number of thiophene rings is 1. The van der Waals surface area contributed by atoms with Crippen molar-refractivity contribution < 1.29 is 14.3 Å². The predicted octanol–water partition coefficient (Wildman–Crippen LogP) is 5.90. The van der Waals surface area contributed by atoms with E-state index in [1.165, 1.54) is 11.3 Å². The van der Waals surface area contributed by atoms with E-state index in [4.69, 9.17) is 4.74 Å². The summed E-state index contributed by atoms with van der Waals surface area (Å²) in [7, 11) is 0. The largest absolute Gasteiger partial charge is 0.444 e. The van der Waals surface area contributed by atoms with Crippen molar-refractivity contribution in [2.45, 2.75) is 38.8 Å². The van der Waals surface area contributed by atoms with Gasteiger partial charge in [0.25, 0.3) is 5.91 Å². The van der Waals surface area contributed by atoms with Crippen molar-refractivity contribution in [2.24, 2.45) is 0 Å². The number of nitrogens with one attached hydrogen (secondary N) is 2. The molecule has 1 aromatic heterocycles. The van der Waals surface area contributed by atoms with Gasteiger partial charge in [-0.2, -0.15) is 0 Å². The lowest BCUT2D eigenvalue weighted by molar-refractivity contribution is 0.0520. The molecule has 2 amide bonds. The van der Waals surface area contributed by atoms with Gasteiger partial charge in [-0.15, -0.1) is 11.3 Å². The maximum Gasteiger partial charge on any atom is 0.407 e. The summed E-state index contributed by atoms with van der Waals surface area (Å²) in [5, 5.41) is 5.76. The molecule has 9 heteroatoms. The molecule has 5 nitrogen and oxygen atoms in total. The predicted molar refractivity (Wildman–Crippen MR) is 123 cm³/mol. The minimum Gasteiger partial charge on any atom is -0.444 e. The number of rotatable bonds is 6. The molecule has 0 bridgehead atoms. The fraction of sp³-hybridized carbons (Fsp3) is 0.368. The smallest absolute Gasteiger partial charge is 0.407 e. The minimum absolute atomic E-state index is 0.213. The Morgan fingerprint density at radius 2 is 1.75 bits per heavy atom. The highest BCUT2D eigenvalue weighted by Crippen LogP contribution is 2.40. The van der Waals surface area contributed by atoms with Gasteiger partial charge in [0, 0.05) is 6.54 Å². The Morgan fingerprint density at radius 1 is 1.11 bits per heavy atom. The van der Waals surface area contributed by atoms with Gasteiger partial charge in [-0.05, 0) is 80.5 Å². The average Bonchev–Trinajstić information content (AvgIpc) is 2.86. The first-order valence-electron chi connectivity index (χ1n) is 8.51. The van der Waals surface area contributed by atoms with Crippen LogP contribution in [0.15, 0.2) is 43.1 Å². The van der Waals surface area contributed by atoms with Gasteiger partial charge in [0.1, 0.15) is 10.5 Å². The minimum atomic E-state index is -0.581. The van der Waals surface area contributed by atoms with Crippen molar-refractivity contribution in [3.05, 3.63) is 53.5 Å². The molecule has 1 aromatic carbocycles. The normalized spacial score (nSPS) is 12.4. The van der Waals surface area contributed by atoms with Crippen LogP contribution in [0.5, 0.6) is 0 Å². The molecular weight excluding hydrogens is 576 g/mol. The zero-order chi connectivity index (χ0) is 20.9. The van der Waals surface area contributed by atoms with Crippen LogP contribution in [-0.4, -0.2) is 30.2 Å². The van der Waals surface area contributed by atoms with Gasteiger partial charge in [0.15, 0.2) is 0 Å². The Morgan fingerprint density at radius 3 is 2.29 bits per heavy atom. The van der Waals surface area contributed by atoms with Gasteiger partial charge in [-0.25, -0.2) is 4.79 Å². The maximum atomic E-state index is 12.8. The monoisotopic (exact) mass is 594 g/mol. The first-order chi connectivity index (χ1) is 13.1. The van der Waals surface area contributed by atoms with Crippen LogP contribution in [0.2, 0.25) is 0 Å². The second-order valence-corrected chi connectivity index (χ2v) is 11.0. The number of alkyl carbamates (subject to hydrolysis) is 1. The third kappa shape index (κ3) is 7.17. The molecule has 0 spiro atoms. The van der Waals surface area contributed by atoms with E-state index in [1.54, 1.807) is 20.8 Å². The van der Waals surface area contributed by atoms with Crippen LogP contribution in [0.4, 0.5) is 4.79 Å². The number of ether oxygens (including phenoxy) is 1. The van der Waals surface area contributed by atoms with Crippen LogP contribution in [-0.2, 0) is 11.2 Å². The molecule has 28 heavy (non-hydrogen) atoms. The van der Waals surface area contributed by atoms with Crippen molar-refractivity contribution in [2.75, 3.05) is 6.54 Å². The molecule has 2 aromatic rings. The SMILES string of the molecule is CC(C)(C)OC(=O)NCC(Cc1ccccc1)NC(=O)c1sc(Br)c(Br)c1Br. The van der Waals surface area contributed by atoms with Crippen LogP contribution < -0.4 is 10.6 Å². The molecular formula is C19H21Br3N2O3S. The molecule has 0 saturated carbocycles. The van der Waals surface area contributed by atoms with Gasteiger partial charge < -0.3 is 15.4 Å². The topological polar surface area (TPSA) is 67.4 Å². The van der Waals surface area contributed by atoms with Crippen molar-refractivity contribution in [3.8, 4) is 0 Å². The Kier molecular flexibility index (Phi) is 8.54. The quantitative estimate of drug-likeness (QED) is 0.436. The zero-order valence-electron chi connectivity index (χ0n) is 15.6. The van der Waals surface area contributed by atoms with Crippen LogP contribution in [0.1, 0.15) is 36.0 Å². The van der Waals surface area contributed by atoms with E-state index in [9.17, 15) is 9.59 Å². The molecule has 0 aliphatic heterocycles. The third-order valence-electron chi connectivity index (χ3n) is 3.51. The van der Waals surface area contributed by atoms with Crippen molar-refractivity contribution in [3.63, 3.8) is 0 Å². The highest BCUT2D eigenvalue weighted by molar-refractivity contribution is 9.14. The van der Waals surface area contributed by atoms with Gasteiger partial charge >= 0.3 is 6.09 Å². The van der Waals surface area contributed by atoms with Crippen molar-refractivity contribution in [1.82, 2.24) is 10.6 Å². The van der Waals surface area contributed by atoms with Gasteiger partial charge in [0.2, 0.25) is 0 Å². The van der Waals surface area contributed by atoms with E-state index in [1.807, 2.05) is 30.3 Å². The molecule has 0 saturated heterocycles. The maximum absolute atomic E-state index is 12.8. The average molecular weight is 597 g/mol. The number of amides is 2. The molecule has 0 aliphatic rings. The number of benzene rings is 1. The Hall–Kier alpha value is -0.900. The summed E-state index contributed by atoms with van der Waals surface area (Å²) < 4.78 is 7.61. The number of carbonyl (C=O) groups is 2. The van der Waals surface area contributed by atoms with E-state index in [-0.39, 0.29) is 18.5 Å². The van der Waals surface area contributed by atoms with E-state index >= 15 is 0 Å². The molecule has 2 rings (SSSR count). The number of hydrogen-bond acceptors (Lipinski definition) is 4. The fourth-order valence-electron chi connectivity index (χ4n) is 2.36. The first kappa shape index (κ1) is 23.4. The molecule has 1 atom stereocenters. The summed E-state index contributed by atoms with van der Waals surface area (Å²) in [6.45, 7) is 5.67. The van der Waals surface area contributed by atoms with E-state index < -0.39 is 11.7 Å². The molecule has 0 fully saturated rings. The second-order valence-electron chi connectivity index (χ2n) is 7.08. The van der Waals surface area contributed by atoms with Crippen molar-refractivity contribution in [1.29, 1.82) is 0 Å². The van der Waals surface area contributed by atoms with Crippen molar-refractivity contribution >= 4 is 71.1 Å². The Labute approximate surface area is 194 Å². The molecule has 0 radical (unpaired) electrons. The van der Waals surface area contributed by atoms with Crippen LogP contribution >= 0.6 is 59.1 Å². The summed E-state index contributed by atoms with van der Waals surface area (Å²) in [5.74, 6) is -0.213. The first-order valence-corrected chi connectivity index (χ1v) is 11.7. The molecule has 152 valence electrons. The Bertz CT molecular complexity index is 835. The number of halogens is 3. The molecule has 2 N–H and O–H groups in total. The lowest BCUT2D eigenvalue weighted by Gasteiger charge is -2.23. The summed E-state index contributed by atoms with van der Waals surface area (Å²) in [5.41, 5.74) is 0.481. The molecule has 1 heterocycles. The van der Waals surface area contributed by atoms with Crippen LogP contribution in [0.25, 0.3) is 0 Å². The highest BCUT2D eigenvalue weighted by Gasteiger charge is 2.23. The number of carbonyl (C=O) groups excluding carboxylic acids is 2.